The van der Waals surface area contributed by atoms with Crippen molar-refractivity contribution in [3.8, 4) is 0 Å². The van der Waals surface area contributed by atoms with Crippen molar-refractivity contribution in [3.05, 3.63) is 45.7 Å². The van der Waals surface area contributed by atoms with E-state index < -0.39 is 11.8 Å². The quantitative estimate of drug-likeness (QED) is 0.935. The molecular formula is C13H13FN2O2S. The Morgan fingerprint density at radius 2 is 2.26 bits per heavy atom. The number of carboxylic acids is 1. The summed E-state index contributed by atoms with van der Waals surface area (Å²) in [6.07, 6.45) is 0. The van der Waals surface area contributed by atoms with Gasteiger partial charge in [0.25, 0.3) is 0 Å². The van der Waals surface area contributed by atoms with Gasteiger partial charge < -0.3 is 10.0 Å². The third kappa shape index (κ3) is 3.08. The first kappa shape index (κ1) is 13.5. The molecule has 1 aromatic heterocycles. The fourth-order valence-corrected chi connectivity index (χ4v) is 2.33. The van der Waals surface area contributed by atoms with E-state index in [0.717, 1.165) is 10.7 Å². The van der Waals surface area contributed by atoms with Crippen LogP contribution < -0.4 is 4.90 Å². The lowest BCUT2D eigenvalue weighted by Crippen LogP contribution is -2.17. The van der Waals surface area contributed by atoms with Crippen molar-refractivity contribution in [1.29, 1.82) is 0 Å². The molecule has 19 heavy (non-hydrogen) atoms. The molecule has 0 unspecified atom stereocenters. The van der Waals surface area contributed by atoms with Crippen LogP contribution >= 0.6 is 11.3 Å². The molecule has 100 valence electrons. The summed E-state index contributed by atoms with van der Waals surface area (Å²) < 4.78 is 13.6. The molecule has 2 aromatic rings. The normalized spacial score (nSPS) is 10.5. The minimum Gasteiger partial charge on any atom is -0.478 e. The zero-order chi connectivity index (χ0) is 14.0. The largest absolute Gasteiger partial charge is 0.478 e. The molecule has 0 aliphatic heterocycles. The molecule has 0 radical (unpaired) electrons. The average molecular weight is 280 g/mol. The predicted octanol–water partition coefficient (Wildman–Crippen LogP) is 2.93. The van der Waals surface area contributed by atoms with Gasteiger partial charge in [0.1, 0.15) is 5.82 Å². The van der Waals surface area contributed by atoms with Crippen molar-refractivity contribution in [2.24, 2.45) is 0 Å². The number of anilines is 1. The van der Waals surface area contributed by atoms with Crippen LogP contribution in [0.5, 0.6) is 0 Å². The van der Waals surface area contributed by atoms with Crippen molar-refractivity contribution in [2.75, 3.05) is 11.9 Å². The molecule has 0 aliphatic rings. The fraction of sp³-hybridized carbons (Fsp3) is 0.231. The Morgan fingerprint density at radius 1 is 1.53 bits per heavy atom. The number of carbonyl (C=O) groups is 1. The summed E-state index contributed by atoms with van der Waals surface area (Å²) in [5, 5.41) is 11.7. The minimum absolute atomic E-state index is 0.318. The highest BCUT2D eigenvalue weighted by molar-refractivity contribution is 7.09. The minimum atomic E-state index is -1.26. The van der Waals surface area contributed by atoms with Crippen LogP contribution in [0.1, 0.15) is 21.1 Å². The van der Waals surface area contributed by atoms with Gasteiger partial charge in [-0.05, 0) is 25.1 Å². The highest BCUT2D eigenvalue weighted by atomic mass is 32.1. The first-order chi connectivity index (χ1) is 8.97. The number of thiazole rings is 1. The molecule has 6 heteroatoms. The number of halogens is 1. The summed E-state index contributed by atoms with van der Waals surface area (Å²) in [4.78, 5) is 16.9. The number of benzene rings is 1. The van der Waals surface area contributed by atoms with E-state index in [0.29, 0.717) is 12.2 Å². The standard InChI is InChI=1S/C13H13FN2O2S/c1-8-15-9(7-19-8)6-16(2)10-3-4-11(13(17)18)12(14)5-10/h3-5,7H,6H2,1-2H3,(H,17,18). The van der Waals surface area contributed by atoms with Crippen LogP contribution in [0, 0.1) is 12.7 Å². The number of hydrogen-bond donors (Lipinski definition) is 1. The predicted molar refractivity (Wildman–Crippen MR) is 72.3 cm³/mol. The number of rotatable bonds is 4. The molecule has 2 rings (SSSR count). The summed E-state index contributed by atoms with van der Waals surface area (Å²) in [5.41, 5.74) is 1.21. The summed E-state index contributed by atoms with van der Waals surface area (Å²) in [6.45, 7) is 2.48. The maximum Gasteiger partial charge on any atom is 0.338 e. The van der Waals surface area contributed by atoms with Crippen molar-refractivity contribution in [3.63, 3.8) is 0 Å². The molecule has 4 nitrogen and oxygen atoms in total. The molecule has 0 atom stereocenters. The van der Waals surface area contributed by atoms with E-state index in [1.807, 2.05) is 24.3 Å². The maximum atomic E-state index is 13.6. The van der Waals surface area contributed by atoms with E-state index in [1.165, 1.54) is 12.1 Å². The first-order valence-electron chi connectivity index (χ1n) is 5.62. The SMILES string of the molecule is Cc1nc(CN(C)c2ccc(C(=O)O)c(F)c2)cs1. The summed E-state index contributed by atoms with van der Waals surface area (Å²) in [6, 6.07) is 4.09. The van der Waals surface area contributed by atoms with Gasteiger partial charge in [-0.2, -0.15) is 0 Å². The van der Waals surface area contributed by atoms with Crippen LogP contribution in [0.2, 0.25) is 0 Å². The number of aromatic carboxylic acids is 1. The van der Waals surface area contributed by atoms with Crippen LogP contribution in [0.15, 0.2) is 23.6 Å². The molecule has 0 bridgehead atoms. The van der Waals surface area contributed by atoms with Crippen molar-refractivity contribution >= 4 is 23.0 Å². The van der Waals surface area contributed by atoms with Gasteiger partial charge in [0.05, 0.1) is 22.8 Å². The molecule has 0 spiro atoms. The fourth-order valence-electron chi connectivity index (χ4n) is 1.73. The Hall–Kier alpha value is -1.95. The van der Waals surface area contributed by atoms with E-state index in [1.54, 1.807) is 17.4 Å². The Balaban J connectivity index is 2.17. The number of aromatic nitrogens is 1. The van der Waals surface area contributed by atoms with Crippen LogP contribution in [0.3, 0.4) is 0 Å². The molecule has 0 saturated heterocycles. The molecule has 1 N–H and O–H groups in total. The average Bonchev–Trinajstić information content (AvgIpc) is 2.74. The first-order valence-corrected chi connectivity index (χ1v) is 6.50. The second kappa shape index (κ2) is 5.36. The van der Waals surface area contributed by atoms with Gasteiger partial charge in [0.15, 0.2) is 0 Å². The van der Waals surface area contributed by atoms with Gasteiger partial charge in [0, 0.05) is 18.1 Å². The third-order valence-electron chi connectivity index (χ3n) is 2.69. The van der Waals surface area contributed by atoms with Crippen LogP contribution in [0.4, 0.5) is 10.1 Å². The summed E-state index contributed by atoms with van der Waals surface area (Å²) in [7, 11) is 1.81. The Labute approximate surface area is 114 Å². The molecule has 0 saturated carbocycles. The van der Waals surface area contributed by atoms with Crippen molar-refractivity contribution < 1.29 is 14.3 Å². The van der Waals surface area contributed by atoms with E-state index >= 15 is 0 Å². The topological polar surface area (TPSA) is 53.4 Å². The van der Waals surface area contributed by atoms with Crippen LogP contribution in [-0.2, 0) is 6.54 Å². The van der Waals surface area contributed by atoms with Crippen LogP contribution in [0.25, 0.3) is 0 Å². The van der Waals surface area contributed by atoms with Crippen molar-refractivity contribution in [2.45, 2.75) is 13.5 Å². The second-order valence-electron chi connectivity index (χ2n) is 4.18. The van der Waals surface area contributed by atoms with E-state index in [-0.39, 0.29) is 5.56 Å². The molecule has 1 aromatic carbocycles. The van der Waals surface area contributed by atoms with E-state index in [4.69, 9.17) is 5.11 Å². The number of hydrogen-bond acceptors (Lipinski definition) is 4. The Bertz CT molecular complexity index is 612. The highest BCUT2D eigenvalue weighted by Gasteiger charge is 2.12. The zero-order valence-corrected chi connectivity index (χ0v) is 11.4. The van der Waals surface area contributed by atoms with Gasteiger partial charge in [-0.25, -0.2) is 14.2 Å². The lowest BCUT2D eigenvalue weighted by Gasteiger charge is -2.18. The molecule has 0 aliphatic carbocycles. The number of aryl methyl sites for hydroxylation is 1. The van der Waals surface area contributed by atoms with E-state index in [9.17, 15) is 9.18 Å². The molecular weight excluding hydrogens is 267 g/mol. The van der Waals surface area contributed by atoms with Gasteiger partial charge >= 0.3 is 5.97 Å². The second-order valence-corrected chi connectivity index (χ2v) is 5.25. The summed E-state index contributed by atoms with van der Waals surface area (Å²) in [5.74, 6) is -1.99. The molecule has 0 amide bonds. The van der Waals surface area contributed by atoms with Crippen molar-refractivity contribution in [1.82, 2.24) is 4.98 Å². The lowest BCUT2D eigenvalue weighted by atomic mass is 10.2. The van der Waals surface area contributed by atoms with Gasteiger partial charge in [0.2, 0.25) is 0 Å². The smallest absolute Gasteiger partial charge is 0.338 e. The lowest BCUT2D eigenvalue weighted by molar-refractivity contribution is 0.0692. The zero-order valence-electron chi connectivity index (χ0n) is 10.6. The van der Waals surface area contributed by atoms with Gasteiger partial charge in [-0.1, -0.05) is 0 Å². The molecule has 1 heterocycles. The third-order valence-corrected chi connectivity index (χ3v) is 3.51. The molecule has 0 fully saturated rings. The van der Waals surface area contributed by atoms with Crippen LogP contribution in [-0.4, -0.2) is 23.1 Å². The monoisotopic (exact) mass is 280 g/mol. The maximum absolute atomic E-state index is 13.6. The van der Waals surface area contributed by atoms with Gasteiger partial charge in [-0.15, -0.1) is 11.3 Å². The van der Waals surface area contributed by atoms with Gasteiger partial charge in [-0.3, -0.25) is 0 Å². The number of nitrogens with zero attached hydrogens (tertiary/aromatic N) is 2. The summed E-state index contributed by atoms with van der Waals surface area (Å²) >= 11 is 1.56. The Morgan fingerprint density at radius 3 is 2.79 bits per heavy atom. The highest BCUT2D eigenvalue weighted by Crippen LogP contribution is 2.20. The Kier molecular flexibility index (Phi) is 3.80. The number of carboxylic acid groups (broad SMARTS) is 1. The van der Waals surface area contributed by atoms with E-state index in [2.05, 4.69) is 4.98 Å².